The fourth-order valence-corrected chi connectivity index (χ4v) is 3.98. The number of amides is 2. The minimum atomic E-state index is -3.02. The zero-order valence-corrected chi connectivity index (χ0v) is 21.6. The number of nitrogens with zero attached hydrogens (tertiary/aromatic N) is 2. The molecule has 1 fully saturated rings. The summed E-state index contributed by atoms with van der Waals surface area (Å²) in [5.74, 6) is -0.0436. The summed E-state index contributed by atoms with van der Waals surface area (Å²) >= 11 is 0. The third-order valence-electron chi connectivity index (χ3n) is 5.42. The Labute approximate surface area is 207 Å². The zero-order valence-electron chi connectivity index (χ0n) is 21.6. The smallest absolute Gasteiger partial charge is 0.388 e. The van der Waals surface area contributed by atoms with Gasteiger partial charge in [0.2, 0.25) is 5.88 Å². The number of aromatic nitrogens is 1. The summed E-state index contributed by atoms with van der Waals surface area (Å²) in [6, 6.07) is 10.8. The van der Waals surface area contributed by atoms with E-state index in [2.05, 4.69) is 28.9 Å². The van der Waals surface area contributed by atoms with E-state index in [1.54, 1.807) is 44.7 Å². The summed E-state index contributed by atoms with van der Waals surface area (Å²) < 4.78 is 30.2. The first-order valence-corrected chi connectivity index (χ1v) is 12.2. The molecular formula is C27H39F2N3O3. The van der Waals surface area contributed by atoms with Crippen molar-refractivity contribution in [2.75, 3.05) is 10.2 Å². The molecule has 194 valence electrons. The van der Waals surface area contributed by atoms with Crippen molar-refractivity contribution in [3.8, 4) is 5.88 Å². The average Bonchev–Trinajstić information content (AvgIpc) is 2.75. The van der Waals surface area contributed by atoms with E-state index >= 15 is 0 Å². The molecule has 1 saturated carbocycles. The first-order valence-electron chi connectivity index (χ1n) is 12.2. The normalized spacial score (nSPS) is 14.4. The number of alkyl halides is 2. The quantitative estimate of drug-likeness (QED) is 0.446. The van der Waals surface area contributed by atoms with Crippen LogP contribution in [-0.4, -0.2) is 34.4 Å². The molecule has 1 heterocycles. The topological polar surface area (TPSA) is 74.7 Å². The third kappa shape index (κ3) is 9.43. The number of aryl methyl sites for hydroxylation is 1. The molecule has 0 atom stereocenters. The molecule has 3 rings (SSSR count). The number of carbonyl (C=O) groups excluding carboxylic acids is 1. The molecule has 1 aliphatic carbocycles. The van der Waals surface area contributed by atoms with Crippen molar-refractivity contribution in [3.63, 3.8) is 0 Å². The number of ether oxygens (including phenoxy) is 1. The van der Waals surface area contributed by atoms with Gasteiger partial charge in [-0.05, 0) is 70.2 Å². The van der Waals surface area contributed by atoms with Gasteiger partial charge in [0.1, 0.15) is 5.69 Å². The molecule has 6 nitrogen and oxygen atoms in total. The summed E-state index contributed by atoms with van der Waals surface area (Å²) in [5, 5.41) is 11.3. The van der Waals surface area contributed by atoms with Gasteiger partial charge in [-0.3, -0.25) is 4.90 Å². The summed E-state index contributed by atoms with van der Waals surface area (Å²) in [5.41, 5.74) is 2.09. The Morgan fingerprint density at radius 2 is 1.71 bits per heavy atom. The first-order chi connectivity index (χ1) is 16.4. The zero-order chi connectivity index (χ0) is 26.2. The molecule has 8 heteroatoms. The monoisotopic (exact) mass is 491 g/mol. The van der Waals surface area contributed by atoms with E-state index in [4.69, 9.17) is 5.11 Å². The molecule has 2 aromatic rings. The van der Waals surface area contributed by atoms with Gasteiger partial charge in [-0.25, -0.2) is 9.78 Å². The van der Waals surface area contributed by atoms with Crippen LogP contribution in [0.2, 0.25) is 0 Å². The molecule has 35 heavy (non-hydrogen) atoms. The fraction of sp³-hybridized carbons (Fsp3) is 0.556. The Hall–Kier alpha value is -2.74. The number of para-hydroxylation sites is 1. The first kappa shape index (κ1) is 28.5. The van der Waals surface area contributed by atoms with E-state index in [1.165, 1.54) is 0 Å². The number of carbonyl (C=O) groups is 1. The number of nitrogens with one attached hydrogen (secondary N) is 1. The highest BCUT2D eigenvalue weighted by Gasteiger charge is 2.30. The maximum absolute atomic E-state index is 13.5. The van der Waals surface area contributed by atoms with Gasteiger partial charge in [0.25, 0.3) is 0 Å². The lowest BCUT2D eigenvalue weighted by molar-refractivity contribution is -0.0523. The standard InChI is InChI=1S/C23H29F2N3O2.C4H10O/c1-15(2)18-11-7-8-12-20(18)28(17-9-5-4-6-10-17)23(29)27-19-14-13-16(3)26-21(19)30-22(24)25;1-4(2,3)5/h7-8,11-15,17,22H,4-6,9-10H2,1-3H3,(H,27,29);5H,1-3H3. The number of aliphatic hydroxyl groups is 1. The molecule has 0 saturated heterocycles. The van der Waals surface area contributed by atoms with Gasteiger partial charge >= 0.3 is 12.6 Å². The SMILES string of the molecule is CC(C)(C)O.Cc1ccc(NC(=O)N(c2ccccc2C(C)C)C2CCCCC2)c(OC(F)F)n1. The number of pyridine rings is 1. The van der Waals surface area contributed by atoms with Crippen LogP contribution in [0.15, 0.2) is 36.4 Å². The lowest BCUT2D eigenvalue weighted by Gasteiger charge is -2.36. The minimum Gasteiger partial charge on any atom is -0.415 e. The third-order valence-corrected chi connectivity index (χ3v) is 5.42. The van der Waals surface area contributed by atoms with Crippen molar-refractivity contribution in [3.05, 3.63) is 47.7 Å². The van der Waals surface area contributed by atoms with Crippen LogP contribution >= 0.6 is 0 Å². The van der Waals surface area contributed by atoms with Crippen LogP contribution in [0.4, 0.5) is 25.0 Å². The van der Waals surface area contributed by atoms with E-state index < -0.39 is 12.2 Å². The Bertz CT molecular complexity index is 949. The highest BCUT2D eigenvalue weighted by Crippen LogP contribution is 2.34. The van der Waals surface area contributed by atoms with E-state index in [0.29, 0.717) is 5.69 Å². The molecule has 0 spiro atoms. The van der Waals surface area contributed by atoms with Crippen molar-refractivity contribution >= 4 is 17.4 Å². The summed E-state index contributed by atoms with van der Waals surface area (Å²) in [6.45, 7) is 8.07. The molecule has 0 aliphatic heterocycles. The Kier molecular flexibility index (Phi) is 10.4. The van der Waals surface area contributed by atoms with Crippen LogP contribution in [0.3, 0.4) is 0 Å². The molecule has 2 amide bonds. The van der Waals surface area contributed by atoms with E-state index in [-0.39, 0.29) is 29.6 Å². The molecular weight excluding hydrogens is 452 g/mol. The minimum absolute atomic E-state index is 0.0523. The predicted molar refractivity (Wildman–Crippen MR) is 136 cm³/mol. The van der Waals surface area contributed by atoms with Crippen molar-refractivity contribution in [2.45, 2.75) is 97.8 Å². The number of anilines is 2. The summed E-state index contributed by atoms with van der Waals surface area (Å²) in [6.07, 6.45) is 5.10. The molecule has 0 radical (unpaired) electrons. The van der Waals surface area contributed by atoms with Gasteiger partial charge < -0.3 is 15.2 Å². The van der Waals surface area contributed by atoms with Crippen LogP contribution in [0, 0.1) is 6.92 Å². The summed E-state index contributed by atoms with van der Waals surface area (Å²) in [7, 11) is 0. The maximum atomic E-state index is 13.5. The second-order valence-corrected chi connectivity index (χ2v) is 10.2. The van der Waals surface area contributed by atoms with Crippen LogP contribution in [0.5, 0.6) is 5.88 Å². The second kappa shape index (κ2) is 12.8. The number of hydrogen-bond acceptors (Lipinski definition) is 4. The highest BCUT2D eigenvalue weighted by atomic mass is 19.3. The van der Waals surface area contributed by atoms with Crippen molar-refractivity contribution < 1.29 is 23.4 Å². The predicted octanol–water partition coefficient (Wildman–Crippen LogP) is 7.26. The maximum Gasteiger partial charge on any atom is 0.388 e. The average molecular weight is 492 g/mol. The van der Waals surface area contributed by atoms with Gasteiger partial charge in [0, 0.05) is 17.4 Å². The fourth-order valence-electron chi connectivity index (χ4n) is 3.98. The van der Waals surface area contributed by atoms with Crippen molar-refractivity contribution in [1.29, 1.82) is 0 Å². The molecule has 1 aromatic heterocycles. The number of halogens is 2. The molecule has 1 aliphatic rings. The Morgan fingerprint density at radius 1 is 1.11 bits per heavy atom. The van der Waals surface area contributed by atoms with Gasteiger partial charge in [0.15, 0.2) is 0 Å². The van der Waals surface area contributed by atoms with Crippen LogP contribution in [-0.2, 0) is 0 Å². The summed E-state index contributed by atoms with van der Waals surface area (Å²) in [4.78, 5) is 19.3. The van der Waals surface area contributed by atoms with E-state index in [1.807, 2.05) is 24.3 Å². The Balaban J connectivity index is 0.000000784. The van der Waals surface area contributed by atoms with Gasteiger partial charge in [0.05, 0.1) is 5.60 Å². The highest BCUT2D eigenvalue weighted by molar-refractivity contribution is 6.03. The molecule has 2 N–H and O–H groups in total. The molecule has 0 unspecified atom stereocenters. The number of urea groups is 1. The van der Waals surface area contributed by atoms with E-state index in [0.717, 1.165) is 43.4 Å². The van der Waals surface area contributed by atoms with Gasteiger partial charge in [-0.2, -0.15) is 8.78 Å². The van der Waals surface area contributed by atoms with Crippen LogP contribution in [0.1, 0.15) is 83.9 Å². The number of hydrogen-bond donors (Lipinski definition) is 2. The second-order valence-electron chi connectivity index (χ2n) is 10.2. The van der Waals surface area contributed by atoms with Crippen molar-refractivity contribution in [1.82, 2.24) is 4.98 Å². The number of benzene rings is 1. The molecule has 1 aromatic carbocycles. The van der Waals surface area contributed by atoms with Crippen LogP contribution < -0.4 is 15.0 Å². The van der Waals surface area contributed by atoms with Crippen molar-refractivity contribution in [2.24, 2.45) is 0 Å². The van der Waals surface area contributed by atoms with Gasteiger partial charge in [-0.1, -0.05) is 51.3 Å². The number of rotatable bonds is 6. The lowest BCUT2D eigenvalue weighted by atomic mass is 9.92. The largest absolute Gasteiger partial charge is 0.415 e. The molecule has 0 bridgehead atoms. The lowest BCUT2D eigenvalue weighted by Crippen LogP contribution is -2.44. The van der Waals surface area contributed by atoms with Crippen LogP contribution in [0.25, 0.3) is 0 Å². The van der Waals surface area contributed by atoms with E-state index in [9.17, 15) is 13.6 Å². The van der Waals surface area contributed by atoms with Gasteiger partial charge in [-0.15, -0.1) is 0 Å². The Morgan fingerprint density at radius 3 is 2.29 bits per heavy atom.